The smallest absolute Gasteiger partial charge is 0.278 e. The Balaban J connectivity index is 2.59. The first-order valence-corrected chi connectivity index (χ1v) is 4.79. The number of hydrogen-bond donors (Lipinski definition) is 1. The molecular formula is C11H9ClN2O. The summed E-state index contributed by atoms with van der Waals surface area (Å²) in [6.07, 6.45) is 1.67. The van der Waals surface area contributed by atoms with Crippen molar-refractivity contribution in [2.24, 2.45) is 0 Å². The SMILES string of the molecule is Nc1cccn(-c2ccc(Cl)cc2)c1=O. The summed E-state index contributed by atoms with van der Waals surface area (Å²) in [5.74, 6) is 0. The number of nitrogen functional groups attached to an aromatic ring is 1. The summed E-state index contributed by atoms with van der Waals surface area (Å²) in [5.41, 5.74) is 6.28. The third kappa shape index (κ3) is 1.87. The number of benzene rings is 1. The molecule has 0 atom stereocenters. The molecule has 0 spiro atoms. The molecule has 0 aliphatic heterocycles. The molecule has 0 aliphatic rings. The van der Waals surface area contributed by atoms with Gasteiger partial charge in [0.05, 0.1) is 5.69 Å². The van der Waals surface area contributed by atoms with Crippen LogP contribution in [0.1, 0.15) is 0 Å². The van der Waals surface area contributed by atoms with E-state index in [9.17, 15) is 4.79 Å². The van der Waals surface area contributed by atoms with E-state index in [1.165, 1.54) is 4.57 Å². The lowest BCUT2D eigenvalue weighted by atomic mass is 10.3. The Morgan fingerprint density at radius 3 is 2.47 bits per heavy atom. The minimum Gasteiger partial charge on any atom is -0.394 e. The number of pyridine rings is 1. The van der Waals surface area contributed by atoms with Crippen LogP contribution in [-0.2, 0) is 0 Å². The van der Waals surface area contributed by atoms with Gasteiger partial charge in [0.1, 0.15) is 0 Å². The van der Waals surface area contributed by atoms with Gasteiger partial charge in [-0.15, -0.1) is 0 Å². The van der Waals surface area contributed by atoms with E-state index < -0.39 is 0 Å². The van der Waals surface area contributed by atoms with Crippen LogP contribution in [0.4, 0.5) is 5.69 Å². The van der Waals surface area contributed by atoms with E-state index in [-0.39, 0.29) is 11.2 Å². The molecule has 1 aromatic heterocycles. The Morgan fingerprint density at radius 2 is 1.80 bits per heavy atom. The van der Waals surface area contributed by atoms with Crippen LogP contribution in [0.25, 0.3) is 5.69 Å². The van der Waals surface area contributed by atoms with E-state index in [1.54, 1.807) is 42.6 Å². The number of halogens is 1. The van der Waals surface area contributed by atoms with Gasteiger partial charge in [-0.3, -0.25) is 9.36 Å². The summed E-state index contributed by atoms with van der Waals surface area (Å²) in [5, 5.41) is 0.635. The standard InChI is InChI=1S/C11H9ClN2O/c12-8-3-5-9(6-4-8)14-7-1-2-10(13)11(14)15/h1-7H,13H2. The van der Waals surface area contributed by atoms with Crippen molar-refractivity contribution in [3.8, 4) is 5.69 Å². The number of nitrogens with zero attached hydrogens (tertiary/aromatic N) is 1. The van der Waals surface area contributed by atoms with Crippen LogP contribution in [0.5, 0.6) is 0 Å². The number of anilines is 1. The van der Waals surface area contributed by atoms with Gasteiger partial charge >= 0.3 is 0 Å². The van der Waals surface area contributed by atoms with Crippen LogP contribution in [-0.4, -0.2) is 4.57 Å². The van der Waals surface area contributed by atoms with Gasteiger partial charge in [-0.05, 0) is 36.4 Å². The van der Waals surface area contributed by atoms with Gasteiger partial charge in [0, 0.05) is 16.9 Å². The Bertz CT molecular complexity index is 531. The maximum atomic E-state index is 11.7. The van der Waals surface area contributed by atoms with Crippen LogP contribution >= 0.6 is 11.6 Å². The fourth-order valence-electron chi connectivity index (χ4n) is 1.32. The first-order chi connectivity index (χ1) is 7.18. The van der Waals surface area contributed by atoms with E-state index >= 15 is 0 Å². The molecule has 76 valence electrons. The second-order valence-electron chi connectivity index (χ2n) is 3.12. The third-order valence-electron chi connectivity index (χ3n) is 2.08. The molecule has 15 heavy (non-hydrogen) atoms. The maximum absolute atomic E-state index is 11.7. The lowest BCUT2D eigenvalue weighted by molar-refractivity contribution is 0.995. The molecule has 0 saturated carbocycles. The van der Waals surface area contributed by atoms with Crippen molar-refractivity contribution >= 4 is 17.3 Å². The van der Waals surface area contributed by atoms with E-state index in [1.807, 2.05) is 0 Å². The lowest BCUT2D eigenvalue weighted by Crippen LogP contribution is -2.20. The zero-order valence-electron chi connectivity index (χ0n) is 7.85. The highest BCUT2D eigenvalue weighted by atomic mass is 35.5. The third-order valence-corrected chi connectivity index (χ3v) is 2.33. The normalized spacial score (nSPS) is 10.2. The summed E-state index contributed by atoms with van der Waals surface area (Å²) >= 11 is 5.76. The molecule has 0 bridgehead atoms. The van der Waals surface area contributed by atoms with Gasteiger partial charge in [-0.25, -0.2) is 0 Å². The molecule has 0 aliphatic carbocycles. The zero-order chi connectivity index (χ0) is 10.8. The van der Waals surface area contributed by atoms with Crippen molar-refractivity contribution < 1.29 is 0 Å². The van der Waals surface area contributed by atoms with E-state index in [4.69, 9.17) is 17.3 Å². The van der Waals surface area contributed by atoms with Crippen LogP contribution in [0, 0.1) is 0 Å². The van der Waals surface area contributed by atoms with Crippen LogP contribution in [0.3, 0.4) is 0 Å². The van der Waals surface area contributed by atoms with E-state index in [0.717, 1.165) is 5.69 Å². The number of aromatic nitrogens is 1. The number of rotatable bonds is 1. The zero-order valence-corrected chi connectivity index (χ0v) is 8.61. The fraction of sp³-hybridized carbons (Fsp3) is 0. The van der Waals surface area contributed by atoms with Crippen LogP contribution in [0.15, 0.2) is 47.4 Å². The van der Waals surface area contributed by atoms with E-state index in [2.05, 4.69) is 0 Å². The Hall–Kier alpha value is -1.74. The molecule has 2 aromatic rings. The van der Waals surface area contributed by atoms with Gasteiger partial charge < -0.3 is 5.73 Å². The average Bonchev–Trinajstić information content (AvgIpc) is 2.24. The minimum atomic E-state index is -0.222. The quantitative estimate of drug-likeness (QED) is 0.800. The van der Waals surface area contributed by atoms with Crippen LogP contribution in [0.2, 0.25) is 5.02 Å². The predicted molar refractivity (Wildman–Crippen MR) is 61.5 cm³/mol. The van der Waals surface area contributed by atoms with Gasteiger partial charge in [0.15, 0.2) is 0 Å². The van der Waals surface area contributed by atoms with Gasteiger partial charge in [0.2, 0.25) is 0 Å². The second-order valence-corrected chi connectivity index (χ2v) is 3.55. The molecule has 0 unspecified atom stereocenters. The molecule has 1 heterocycles. The molecule has 2 N–H and O–H groups in total. The monoisotopic (exact) mass is 220 g/mol. The Labute approximate surface area is 91.7 Å². The van der Waals surface area contributed by atoms with Crippen molar-refractivity contribution in [1.29, 1.82) is 0 Å². The van der Waals surface area contributed by atoms with Crippen LogP contribution < -0.4 is 11.3 Å². The first-order valence-electron chi connectivity index (χ1n) is 4.41. The fourth-order valence-corrected chi connectivity index (χ4v) is 1.44. The Kier molecular flexibility index (Phi) is 2.47. The molecule has 1 aromatic carbocycles. The second kappa shape index (κ2) is 3.79. The van der Waals surface area contributed by atoms with E-state index in [0.29, 0.717) is 5.02 Å². The molecule has 0 saturated heterocycles. The lowest BCUT2D eigenvalue weighted by Gasteiger charge is -2.05. The molecular weight excluding hydrogens is 212 g/mol. The van der Waals surface area contributed by atoms with Crippen molar-refractivity contribution in [2.45, 2.75) is 0 Å². The van der Waals surface area contributed by atoms with Gasteiger partial charge in [-0.2, -0.15) is 0 Å². The average molecular weight is 221 g/mol. The topological polar surface area (TPSA) is 48.0 Å². The summed E-state index contributed by atoms with van der Waals surface area (Å²) in [6, 6.07) is 10.3. The molecule has 0 fully saturated rings. The summed E-state index contributed by atoms with van der Waals surface area (Å²) in [4.78, 5) is 11.7. The maximum Gasteiger partial charge on any atom is 0.278 e. The highest BCUT2D eigenvalue weighted by Crippen LogP contribution is 2.12. The van der Waals surface area contributed by atoms with Gasteiger partial charge in [-0.1, -0.05) is 11.6 Å². The highest BCUT2D eigenvalue weighted by molar-refractivity contribution is 6.30. The molecule has 0 radical (unpaired) electrons. The molecule has 3 nitrogen and oxygen atoms in total. The van der Waals surface area contributed by atoms with Crippen molar-refractivity contribution in [3.63, 3.8) is 0 Å². The van der Waals surface area contributed by atoms with Gasteiger partial charge in [0.25, 0.3) is 5.56 Å². The first kappa shape index (κ1) is 9.80. The van der Waals surface area contributed by atoms with Crippen molar-refractivity contribution in [2.75, 3.05) is 5.73 Å². The number of nitrogens with two attached hydrogens (primary N) is 1. The van der Waals surface area contributed by atoms with Crippen molar-refractivity contribution in [1.82, 2.24) is 4.57 Å². The Morgan fingerprint density at radius 1 is 1.13 bits per heavy atom. The predicted octanol–water partition coefficient (Wildman–Crippen LogP) is 2.07. The molecule has 0 amide bonds. The summed E-state index contributed by atoms with van der Waals surface area (Å²) in [6.45, 7) is 0. The highest BCUT2D eigenvalue weighted by Gasteiger charge is 2.01. The largest absolute Gasteiger partial charge is 0.394 e. The summed E-state index contributed by atoms with van der Waals surface area (Å²) < 4.78 is 1.48. The van der Waals surface area contributed by atoms with Crippen molar-refractivity contribution in [3.05, 3.63) is 58.0 Å². The minimum absolute atomic E-state index is 0.222. The molecule has 4 heteroatoms. The summed E-state index contributed by atoms with van der Waals surface area (Å²) in [7, 11) is 0. The molecule has 2 rings (SSSR count). The number of hydrogen-bond acceptors (Lipinski definition) is 2.